The Labute approximate surface area is 93.6 Å². The second kappa shape index (κ2) is 4.49. The van der Waals surface area contributed by atoms with Crippen molar-refractivity contribution in [2.24, 2.45) is 0 Å². The lowest BCUT2D eigenvalue weighted by molar-refractivity contribution is 0.885. The van der Waals surface area contributed by atoms with Crippen LogP contribution in [-0.2, 0) is 6.54 Å². The maximum Gasteiger partial charge on any atom is 0.183 e. The van der Waals surface area contributed by atoms with E-state index in [0.29, 0.717) is 5.92 Å². The lowest BCUT2D eigenvalue weighted by atomic mass is 10.2. The van der Waals surface area contributed by atoms with Crippen molar-refractivity contribution in [3.8, 4) is 0 Å². The van der Waals surface area contributed by atoms with E-state index >= 15 is 0 Å². The van der Waals surface area contributed by atoms with Crippen molar-refractivity contribution >= 4 is 16.5 Å². The number of rotatable bonds is 4. The molecule has 2 rings (SSSR count). The molecule has 0 aromatic carbocycles. The van der Waals surface area contributed by atoms with Crippen molar-refractivity contribution < 1.29 is 0 Å². The van der Waals surface area contributed by atoms with Gasteiger partial charge in [-0.2, -0.15) is 0 Å². The average Bonchev–Trinajstić information content (AvgIpc) is 2.86. The standard InChI is InChI=1S/C11H15N3S/c1-8(2)10-7-14-11(15-10)13-6-9-3-4-12-5-9/h3-5,7-8,12H,6H2,1-2H3,(H,13,14). The van der Waals surface area contributed by atoms with Crippen LogP contribution in [0.15, 0.2) is 24.7 Å². The predicted octanol–water partition coefficient (Wildman–Crippen LogP) is 3.21. The summed E-state index contributed by atoms with van der Waals surface area (Å²) in [5.74, 6) is 0.560. The fraction of sp³-hybridized carbons (Fsp3) is 0.364. The molecule has 0 spiro atoms. The molecule has 0 fully saturated rings. The first-order valence-corrected chi connectivity index (χ1v) is 5.88. The molecule has 80 valence electrons. The molecule has 0 radical (unpaired) electrons. The summed E-state index contributed by atoms with van der Waals surface area (Å²) in [6.07, 6.45) is 5.87. The third-order valence-electron chi connectivity index (χ3n) is 2.20. The van der Waals surface area contributed by atoms with E-state index in [-0.39, 0.29) is 0 Å². The van der Waals surface area contributed by atoms with Crippen molar-refractivity contribution in [3.63, 3.8) is 0 Å². The molecule has 2 heterocycles. The van der Waals surface area contributed by atoms with E-state index in [1.807, 2.05) is 18.6 Å². The number of aromatic amines is 1. The largest absolute Gasteiger partial charge is 0.367 e. The van der Waals surface area contributed by atoms with Crippen molar-refractivity contribution in [1.29, 1.82) is 0 Å². The highest BCUT2D eigenvalue weighted by Gasteiger charge is 2.04. The molecule has 0 aliphatic carbocycles. The van der Waals surface area contributed by atoms with Crippen LogP contribution < -0.4 is 5.32 Å². The molecular weight excluding hydrogens is 206 g/mol. The Kier molecular flexibility index (Phi) is 3.06. The number of H-pyrrole nitrogens is 1. The fourth-order valence-electron chi connectivity index (χ4n) is 1.28. The van der Waals surface area contributed by atoms with Crippen LogP contribution in [0.1, 0.15) is 30.2 Å². The third-order valence-corrected chi connectivity index (χ3v) is 3.45. The van der Waals surface area contributed by atoms with E-state index in [2.05, 4.69) is 35.2 Å². The second-order valence-electron chi connectivity index (χ2n) is 3.80. The van der Waals surface area contributed by atoms with Gasteiger partial charge in [-0.1, -0.05) is 13.8 Å². The molecule has 0 unspecified atom stereocenters. The number of hydrogen-bond donors (Lipinski definition) is 2. The minimum absolute atomic E-state index is 0.560. The Morgan fingerprint density at radius 2 is 2.40 bits per heavy atom. The van der Waals surface area contributed by atoms with Crippen LogP contribution in [0.4, 0.5) is 5.13 Å². The Morgan fingerprint density at radius 3 is 3.00 bits per heavy atom. The summed E-state index contributed by atoms with van der Waals surface area (Å²) in [5, 5.41) is 4.31. The summed E-state index contributed by atoms with van der Waals surface area (Å²) < 4.78 is 0. The molecule has 0 saturated carbocycles. The van der Waals surface area contributed by atoms with Crippen LogP contribution >= 0.6 is 11.3 Å². The van der Waals surface area contributed by atoms with E-state index in [9.17, 15) is 0 Å². The molecule has 0 atom stereocenters. The molecule has 2 N–H and O–H groups in total. The molecule has 0 aliphatic rings. The van der Waals surface area contributed by atoms with E-state index in [4.69, 9.17) is 0 Å². The molecule has 2 aromatic heterocycles. The molecule has 15 heavy (non-hydrogen) atoms. The number of anilines is 1. The number of nitrogens with one attached hydrogen (secondary N) is 2. The Bertz CT molecular complexity index is 403. The minimum Gasteiger partial charge on any atom is -0.367 e. The highest BCUT2D eigenvalue weighted by atomic mass is 32.1. The van der Waals surface area contributed by atoms with E-state index in [0.717, 1.165) is 11.7 Å². The van der Waals surface area contributed by atoms with Gasteiger partial charge in [-0.05, 0) is 17.5 Å². The Hall–Kier alpha value is -1.29. The normalized spacial score (nSPS) is 10.9. The van der Waals surface area contributed by atoms with E-state index < -0.39 is 0 Å². The van der Waals surface area contributed by atoms with Gasteiger partial charge in [-0.15, -0.1) is 11.3 Å². The van der Waals surface area contributed by atoms with Crippen LogP contribution in [0.5, 0.6) is 0 Å². The van der Waals surface area contributed by atoms with Gasteiger partial charge in [0.25, 0.3) is 0 Å². The molecule has 0 amide bonds. The van der Waals surface area contributed by atoms with Crippen molar-refractivity contribution in [1.82, 2.24) is 9.97 Å². The van der Waals surface area contributed by atoms with E-state index in [1.165, 1.54) is 10.4 Å². The molecular formula is C11H15N3S. The Morgan fingerprint density at radius 1 is 1.53 bits per heavy atom. The smallest absolute Gasteiger partial charge is 0.183 e. The van der Waals surface area contributed by atoms with Crippen molar-refractivity contribution in [3.05, 3.63) is 35.1 Å². The zero-order valence-corrected chi connectivity index (χ0v) is 9.77. The number of nitrogens with zero attached hydrogens (tertiary/aromatic N) is 1. The van der Waals surface area contributed by atoms with Gasteiger partial charge in [0.1, 0.15) is 0 Å². The monoisotopic (exact) mass is 221 g/mol. The van der Waals surface area contributed by atoms with Gasteiger partial charge in [-0.25, -0.2) is 4.98 Å². The summed E-state index contributed by atoms with van der Waals surface area (Å²) in [7, 11) is 0. The topological polar surface area (TPSA) is 40.7 Å². The number of thiazole rings is 1. The second-order valence-corrected chi connectivity index (χ2v) is 4.86. The lowest BCUT2D eigenvalue weighted by Crippen LogP contribution is -1.96. The first kappa shape index (κ1) is 10.2. The zero-order chi connectivity index (χ0) is 10.7. The summed E-state index contributed by atoms with van der Waals surface area (Å²) in [6, 6.07) is 2.06. The molecule has 3 nitrogen and oxygen atoms in total. The van der Waals surface area contributed by atoms with Crippen LogP contribution in [0.2, 0.25) is 0 Å². The van der Waals surface area contributed by atoms with Crippen LogP contribution in [0, 0.1) is 0 Å². The van der Waals surface area contributed by atoms with Gasteiger partial charge < -0.3 is 10.3 Å². The van der Waals surface area contributed by atoms with Gasteiger partial charge in [0.05, 0.1) is 0 Å². The van der Waals surface area contributed by atoms with Gasteiger partial charge >= 0.3 is 0 Å². The predicted molar refractivity (Wildman–Crippen MR) is 64.3 cm³/mol. The van der Waals surface area contributed by atoms with Crippen LogP contribution in [0.25, 0.3) is 0 Å². The maximum atomic E-state index is 4.33. The first-order chi connectivity index (χ1) is 7.25. The van der Waals surface area contributed by atoms with Crippen molar-refractivity contribution in [2.45, 2.75) is 26.3 Å². The van der Waals surface area contributed by atoms with Crippen molar-refractivity contribution in [2.75, 3.05) is 5.32 Å². The lowest BCUT2D eigenvalue weighted by Gasteiger charge is -1.99. The maximum absolute atomic E-state index is 4.33. The zero-order valence-electron chi connectivity index (χ0n) is 8.95. The first-order valence-electron chi connectivity index (χ1n) is 5.07. The average molecular weight is 221 g/mol. The van der Waals surface area contributed by atoms with Gasteiger partial charge in [0.2, 0.25) is 0 Å². The molecule has 0 aliphatic heterocycles. The summed E-state index contributed by atoms with van der Waals surface area (Å²) in [5.41, 5.74) is 1.25. The third kappa shape index (κ3) is 2.59. The SMILES string of the molecule is CC(C)c1cnc(NCc2cc[nH]c2)s1. The fourth-order valence-corrected chi connectivity index (χ4v) is 2.10. The van der Waals surface area contributed by atoms with Crippen LogP contribution in [-0.4, -0.2) is 9.97 Å². The summed E-state index contributed by atoms with van der Waals surface area (Å²) >= 11 is 1.73. The minimum atomic E-state index is 0.560. The molecule has 2 aromatic rings. The van der Waals surface area contributed by atoms with Gasteiger partial charge in [-0.3, -0.25) is 0 Å². The van der Waals surface area contributed by atoms with Crippen LogP contribution in [0.3, 0.4) is 0 Å². The summed E-state index contributed by atoms with van der Waals surface area (Å²) in [4.78, 5) is 8.69. The van der Waals surface area contributed by atoms with E-state index in [1.54, 1.807) is 11.3 Å². The highest BCUT2D eigenvalue weighted by molar-refractivity contribution is 7.15. The summed E-state index contributed by atoms with van der Waals surface area (Å²) in [6.45, 7) is 5.20. The number of aromatic nitrogens is 2. The molecule has 4 heteroatoms. The molecule has 0 bridgehead atoms. The highest BCUT2D eigenvalue weighted by Crippen LogP contribution is 2.25. The Balaban J connectivity index is 1.94. The van der Waals surface area contributed by atoms with Gasteiger partial charge in [0, 0.05) is 30.0 Å². The number of hydrogen-bond acceptors (Lipinski definition) is 3. The van der Waals surface area contributed by atoms with Gasteiger partial charge in [0.15, 0.2) is 5.13 Å². The quantitative estimate of drug-likeness (QED) is 0.832. The molecule has 0 saturated heterocycles.